The summed E-state index contributed by atoms with van der Waals surface area (Å²) in [7, 11) is 1.31. The number of benzene rings is 2. The second kappa shape index (κ2) is 6.65. The van der Waals surface area contributed by atoms with Gasteiger partial charge in [0.05, 0.1) is 25.1 Å². The molecule has 0 spiro atoms. The molecule has 2 aromatic rings. The van der Waals surface area contributed by atoms with Crippen molar-refractivity contribution in [1.29, 1.82) is 0 Å². The van der Waals surface area contributed by atoms with Crippen LogP contribution in [0.25, 0.3) is 0 Å². The monoisotopic (exact) mass is 343 g/mol. The Morgan fingerprint density at radius 3 is 2.67 bits per heavy atom. The maximum absolute atomic E-state index is 12.8. The minimum absolute atomic E-state index is 0.0118. The van der Waals surface area contributed by atoms with Crippen molar-refractivity contribution in [2.45, 2.75) is 25.9 Å². The Balaban J connectivity index is 1.86. The molecule has 4 nitrogen and oxygen atoms in total. The third kappa shape index (κ3) is 2.89. The molecule has 1 amide bonds. The van der Waals surface area contributed by atoms with Gasteiger partial charge in [-0.25, -0.2) is 4.79 Å². The van der Waals surface area contributed by atoms with Crippen molar-refractivity contribution in [3.63, 3.8) is 0 Å². The largest absolute Gasteiger partial charge is 0.465 e. The van der Waals surface area contributed by atoms with Gasteiger partial charge in [-0.1, -0.05) is 41.9 Å². The SMILES string of the molecule is COC(=O)c1cccc(Cl)c1CC(=O)N1Cc2ccccc2C1C. The molecule has 24 heavy (non-hydrogen) atoms. The van der Waals surface area contributed by atoms with Crippen LogP contribution in [0.15, 0.2) is 42.5 Å². The van der Waals surface area contributed by atoms with Crippen LogP contribution in [-0.4, -0.2) is 23.9 Å². The van der Waals surface area contributed by atoms with Gasteiger partial charge in [0.25, 0.3) is 0 Å². The van der Waals surface area contributed by atoms with E-state index in [2.05, 4.69) is 0 Å². The molecule has 0 fully saturated rings. The topological polar surface area (TPSA) is 46.6 Å². The lowest BCUT2D eigenvalue weighted by molar-refractivity contribution is -0.132. The lowest BCUT2D eigenvalue weighted by Crippen LogP contribution is -2.30. The zero-order valence-corrected chi connectivity index (χ0v) is 14.3. The zero-order chi connectivity index (χ0) is 17.3. The molecule has 124 valence electrons. The van der Waals surface area contributed by atoms with Gasteiger partial charge >= 0.3 is 5.97 Å². The van der Waals surface area contributed by atoms with Gasteiger partial charge in [0.15, 0.2) is 0 Å². The molecule has 3 rings (SSSR count). The summed E-state index contributed by atoms with van der Waals surface area (Å²) in [6.07, 6.45) is 0.0719. The van der Waals surface area contributed by atoms with Crippen LogP contribution in [0.5, 0.6) is 0 Å². The summed E-state index contributed by atoms with van der Waals surface area (Å²) in [6.45, 7) is 2.59. The fourth-order valence-electron chi connectivity index (χ4n) is 3.17. The van der Waals surface area contributed by atoms with E-state index in [1.54, 1.807) is 18.2 Å². The second-order valence-electron chi connectivity index (χ2n) is 5.83. The molecule has 0 bridgehead atoms. The van der Waals surface area contributed by atoms with E-state index < -0.39 is 5.97 Å². The quantitative estimate of drug-likeness (QED) is 0.797. The summed E-state index contributed by atoms with van der Waals surface area (Å²) in [6, 6.07) is 13.0. The van der Waals surface area contributed by atoms with Crippen LogP contribution >= 0.6 is 11.6 Å². The molecule has 0 N–H and O–H groups in total. The van der Waals surface area contributed by atoms with E-state index in [4.69, 9.17) is 16.3 Å². The number of hydrogen-bond donors (Lipinski definition) is 0. The number of methoxy groups -OCH3 is 1. The first-order valence-electron chi connectivity index (χ1n) is 7.76. The zero-order valence-electron chi connectivity index (χ0n) is 13.6. The maximum atomic E-state index is 12.8. The Morgan fingerprint density at radius 1 is 1.21 bits per heavy atom. The number of halogens is 1. The molecule has 2 aromatic carbocycles. The van der Waals surface area contributed by atoms with E-state index >= 15 is 0 Å². The van der Waals surface area contributed by atoms with Gasteiger partial charge in [0.1, 0.15) is 0 Å². The van der Waals surface area contributed by atoms with Crippen LogP contribution in [0.3, 0.4) is 0 Å². The van der Waals surface area contributed by atoms with Gasteiger partial charge in [-0.3, -0.25) is 4.79 Å². The summed E-state index contributed by atoms with van der Waals surface area (Å²) in [5, 5.41) is 0.399. The summed E-state index contributed by atoms with van der Waals surface area (Å²) in [5.41, 5.74) is 3.17. The Hall–Kier alpha value is -2.33. The van der Waals surface area contributed by atoms with Crippen molar-refractivity contribution >= 4 is 23.5 Å². The van der Waals surface area contributed by atoms with Gasteiger partial charge in [-0.05, 0) is 35.7 Å². The number of ether oxygens (including phenoxy) is 1. The van der Waals surface area contributed by atoms with Crippen LogP contribution in [0.4, 0.5) is 0 Å². The van der Waals surface area contributed by atoms with Gasteiger partial charge < -0.3 is 9.64 Å². The van der Waals surface area contributed by atoms with Crippen LogP contribution in [0.1, 0.15) is 40.0 Å². The lowest BCUT2D eigenvalue weighted by Gasteiger charge is -2.22. The first-order valence-corrected chi connectivity index (χ1v) is 8.13. The van der Waals surface area contributed by atoms with Gasteiger partial charge in [0, 0.05) is 11.6 Å². The number of fused-ring (bicyclic) bond motifs is 1. The molecule has 0 saturated heterocycles. The maximum Gasteiger partial charge on any atom is 0.338 e. The Morgan fingerprint density at radius 2 is 1.96 bits per heavy atom. The van der Waals surface area contributed by atoms with E-state index in [-0.39, 0.29) is 18.4 Å². The third-order valence-electron chi connectivity index (χ3n) is 4.49. The number of hydrogen-bond acceptors (Lipinski definition) is 3. The van der Waals surface area contributed by atoms with Gasteiger partial charge in [0.2, 0.25) is 5.91 Å². The van der Waals surface area contributed by atoms with Crippen LogP contribution in [0.2, 0.25) is 5.02 Å². The summed E-state index contributed by atoms with van der Waals surface area (Å²) in [4.78, 5) is 26.6. The highest BCUT2D eigenvalue weighted by Crippen LogP contribution is 2.34. The fourth-order valence-corrected chi connectivity index (χ4v) is 3.41. The van der Waals surface area contributed by atoms with E-state index in [0.717, 1.165) is 5.56 Å². The highest BCUT2D eigenvalue weighted by molar-refractivity contribution is 6.32. The average Bonchev–Trinajstić information content (AvgIpc) is 2.93. The predicted molar refractivity (Wildman–Crippen MR) is 91.9 cm³/mol. The standard InChI is InChI=1S/C19H18ClNO3/c1-12-14-7-4-3-6-13(14)11-21(12)18(22)10-16-15(19(23)24-2)8-5-9-17(16)20/h3-9,12H,10-11H2,1-2H3. The molecular weight excluding hydrogens is 326 g/mol. The first-order chi connectivity index (χ1) is 11.5. The van der Waals surface area contributed by atoms with Crippen molar-refractivity contribution in [2.75, 3.05) is 7.11 Å². The number of nitrogens with zero attached hydrogens (tertiary/aromatic N) is 1. The van der Waals surface area contributed by atoms with Crippen LogP contribution in [0, 0.1) is 0 Å². The first kappa shape index (κ1) is 16.5. The molecule has 0 radical (unpaired) electrons. The van der Waals surface area contributed by atoms with Crippen molar-refractivity contribution < 1.29 is 14.3 Å². The van der Waals surface area contributed by atoms with Gasteiger partial charge in [-0.2, -0.15) is 0 Å². The van der Waals surface area contributed by atoms with E-state index in [9.17, 15) is 9.59 Å². The van der Waals surface area contributed by atoms with Crippen molar-refractivity contribution in [3.05, 3.63) is 69.7 Å². The van der Waals surface area contributed by atoms with Crippen molar-refractivity contribution in [1.82, 2.24) is 4.90 Å². The fraction of sp³-hybridized carbons (Fsp3) is 0.263. The van der Waals surface area contributed by atoms with Crippen molar-refractivity contribution in [2.24, 2.45) is 0 Å². The average molecular weight is 344 g/mol. The lowest BCUT2D eigenvalue weighted by atomic mass is 10.0. The van der Waals surface area contributed by atoms with Crippen LogP contribution < -0.4 is 0 Å². The number of rotatable bonds is 3. The van der Waals surface area contributed by atoms with E-state index in [0.29, 0.717) is 22.7 Å². The highest BCUT2D eigenvalue weighted by Gasteiger charge is 2.31. The Bertz CT molecular complexity index is 803. The third-order valence-corrected chi connectivity index (χ3v) is 4.84. The number of carbonyl (C=O) groups is 2. The molecule has 5 heteroatoms. The molecular formula is C19H18ClNO3. The normalized spacial score (nSPS) is 16.0. The Labute approximate surface area is 146 Å². The minimum atomic E-state index is -0.488. The smallest absolute Gasteiger partial charge is 0.338 e. The summed E-state index contributed by atoms with van der Waals surface area (Å²) in [5.74, 6) is -0.546. The van der Waals surface area contributed by atoms with Gasteiger partial charge in [-0.15, -0.1) is 0 Å². The predicted octanol–water partition coefficient (Wildman–Crippen LogP) is 3.77. The molecule has 1 aliphatic rings. The summed E-state index contributed by atoms with van der Waals surface area (Å²) >= 11 is 6.23. The molecule has 1 atom stereocenters. The molecule has 1 aliphatic heterocycles. The van der Waals surface area contributed by atoms with E-state index in [1.165, 1.54) is 12.7 Å². The molecule has 0 saturated carbocycles. The Kier molecular flexibility index (Phi) is 4.58. The molecule has 0 aromatic heterocycles. The highest BCUT2D eigenvalue weighted by atomic mass is 35.5. The number of esters is 1. The number of amides is 1. The van der Waals surface area contributed by atoms with Crippen LogP contribution in [-0.2, 0) is 22.5 Å². The van der Waals surface area contributed by atoms with Crippen molar-refractivity contribution in [3.8, 4) is 0 Å². The number of carbonyl (C=O) groups excluding carboxylic acids is 2. The van der Waals surface area contributed by atoms with E-state index in [1.807, 2.05) is 36.1 Å². The molecule has 1 unspecified atom stereocenters. The molecule has 1 heterocycles. The molecule has 0 aliphatic carbocycles. The minimum Gasteiger partial charge on any atom is -0.465 e. The second-order valence-corrected chi connectivity index (χ2v) is 6.24. The summed E-state index contributed by atoms with van der Waals surface area (Å²) < 4.78 is 4.79.